The van der Waals surface area contributed by atoms with Gasteiger partial charge in [0.2, 0.25) is 0 Å². The summed E-state index contributed by atoms with van der Waals surface area (Å²) in [5.41, 5.74) is 12.4. The van der Waals surface area contributed by atoms with Crippen LogP contribution in [0.1, 0.15) is 0 Å². The van der Waals surface area contributed by atoms with E-state index in [0.29, 0.717) is 5.82 Å². The van der Waals surface area contributed by atoms with Crippen LogP contribution in [0, 0.1) is 0 Å². The van der Waals surface area contributed by atoms with Gasteiger partial charge >= 0.3 is 0 Å². The average Bonchev–Trinajstić information content (AvgIpc) is 3.46. The van der Waals surface area contributed by atoms with E-state index in [2.05, 4.69) is 125 Å². The lowest BCUT2D eigenvalue weighted by atomic mass is 9.91. The Bertz CT molecular complexity index is 2670. The van der Waals surface area contributed by atoms with Gasteiger partial charge in [-0.15, -0.1) is 0 Å². The van der Waals surface area contributed by atoms with Crippen LogP contribution in [-0.2, 0) is 0 Å². The van der Waals surface area contributed by atoms with Gasteiger partial charge in [-0.05, 0) is 85.3 Å². The van der Waals surface area contributed by atoms with E-state index in [0.717, 1.165) is 49.4 Å². The highest BCUT2D eigenvalue weighted by Gasteiger charge is 2.23. The van der Waals surface area contributed by atoms with Crippen LogP contribution in [-0.4, -0.2) is 19.9 Å². The Morgan fingerprint density at radius 1 is 0.348 bits per heavy atom. The summed E-state index contributed by atoms with van der Waals surface area (Å²) in [6, 6.07) is 45.3. The van der Waals surface area contributed by atoms with Crippen LogP contribution in [0.5, 0.6) is 0 Å². The van der Waals surface area contributed by atoms with E-state index in [1.165, 1.54) is 44.2 Å². The van der Waals surface area contributed by atoms with Crippen molar-refractivity contribution in [2.45, 2.75) is 0 Å². The Kier molecular flexibility index (Phi) is 5.25. The molecule has 212 valence electrons. The first kappa shape index (κ1) is 25.1. The van der Waals surface area contributed by atoms with E-state index in [4.69, 9.17) is 9.97 Å². The minimum Gasteiger partial charge on any atom is -0.254 e. The summed E-state index contributed by atoms with van der Waals surface area (Å²) >= 11 is 0. The number of benzene rings is 6. The number of nitrogens with zero attached hydrogens (tertiary/aromatic N) is 4. The average molecular weight is 585 g/mol. The molecule has 10 rings (SSSR count). The second kappa shape index (κ2) is 9.62. The molecule has 4 nitrogen and oxygen atoms in total. The molecular weight excluding hydrogens is 560 g/mol. The van der Waals surface area contributed by atoms with Crippen molar-refractivity contribution in [1.29, 1.82) is 0 Å². The second-order valence-electron chi connectivity index (χ2n) is 11.8. The van der Waals surface area contributed by atoms with Crippen molar-refractivity contribution < 1.29 is 0 Å². The van der Waals surface area contributed by atoms with Crippen LogP contribution in [0.3, 0.4) is 0 Å². The maximum absolute atomic E-state index is 5.29. The van der Waals surface area contributed by atoms with Crippen molar-refractivity contribution in [3.63, 3.8) is 0 Å². The SMILES string of the molecule is c1cnc(-c2ccc(-c3ccc4cc(-c5ccc6c7c(cccc57)-c5ccccc5-6)c5cccnc5c4n3)c3ccccc23)nc1. The molecule has 0 amide bonds. The van der Waals surface area contributed by atoms with Gasteiger partial charge < -0.3 is 0 Å². The molecule has 3 aromatic heterocycles. The Morgan fingerprint density at radius 2 is 0.978 bits per heavy atom. The summed E-state index contributed by atoms with van der Waals surface area (Å²) in [7, 11) is 0. The summed E-state index contributed by atoms with van der Waals surface area (Å²) in [6.07, 6.45) is 5.43. The van der Waals surface area contributed by atoms with Gasteiger partial charge in [0.15, 0.2) is 5.82 Å². The number of hydrogen-bond donors (Lipinski definition) is 0. The fourth-order valence-electron chi connectivity index (χ4n) is 7.39. The van der Waals surface area contributed by atoms with E-state index in [1.807, 2.05) is 18.3 Å². The first-order chi connectivity index (χ1) is 22.8. The first-order valence-corrected chi connectivity index (χ1v) is 15.5. The van der Waals surface area contributed by atoms with Crippen LogP contribution < -0.4 is 0 Å². The number of rotatable bonds is 3. The van der Waals surface area contributed by atoms with Crippen LogP contribution in [0.4, 0.5) is 0 Å². The van der Waals surface area contributed by atoms with E-state index in [-0.39, 0.29) is 0 Å². The molecule has 0 unspecified atom stereocenters. The van der Waals surface area contributed by atoms with Crippen molar-refractivity contribution in [3.05, 3.63) is 146 Å². The molecule has 3 heterocycles. The van der Waals surface area contributed by atoms with Crippen molar-refractivity contribution >= 4 is 43.4 Å². The predicted molar refractivity (Wildman–Crippen MR) is 188 cm³/mol. The lowest BCUT2D eigenvalue weighted by Gasteiger charge is -2.15. The van der Waals surface area contributed by atoms with E-state index < -0.39 is 0 Å². The quantitative estimate of drug-likeness (QED) is 0.194. The van der Waals surface area contributed by atoms with E-state index in [1.54, 1.807) is 12.4 Å². The van der Waals surface area contributed by atoms with Crippen LogP contribution in [0.2, 0.25) is 0 Å². The molecule has 0 fully saturated rings. The molecule has 46 heavy (non-hydrogen) atoms. The molecule has 1 aliphatic rings. The maximum atomic E-state index is 5.29. The molecular formula is C42H24N4. The monoisotopic (exact) mass is 584 g/mol. The van der Waals surface area contributed by atoms with Gasteiger partial charge in [-0.1, -0.05) is 97.1 Å². The van der Waals surface area contributed by atoms with Crippen molar-refractivity contribution in [3.8, 4) is 56.0 Å². The van der Waals surface area contributed by atoms with Crippen molar-refractivity contribution in [2.75, 3.05) is 0 Å². The number of fused-ring (bicyclic) bond motifs is 7. The zero-order chi connectivity index (χ0) is 30.2. The molecule has 0 atom stereocenters. The molecule has 0 N–H and O–H groups in total. The number of aromatic nitrogens is 4. The molecule has 6 aromatic carbocycles. The lowest BCUT2D eigenvalue weighted by Crippen LogP contribution is -1.94. The summed E-state index contributed by atoms with van der Waals surface area (Å²) in [5, 5.41) is 6.95. The van der Waals surface area contributed by atoms with E-state index >= 15 is 0 Å². The summed E-state index contributed by atoms with van der Waals surface area (Å²) in [4.78, 5) is 19.3. The standard InChI is InChI=1S/C42H24N4/c1-4-11-29-26(8-1)31(17-19-36(29)42-44-22-7-23-45-42)38-20-15-25-24-37(35-14-6-21-43-41(35)40(25)46-38)30-16-18-34-28-10-3-2-9-27(28)32-12-5-13-33(30)39(32)34/h1-24H. The third kappa shape index (κ3) is 3.55. The van der Waals surface area contributed by atoms with Gasteiger partial charge in [-0.25, -0.2) is 15.0 Å². The van der Waals surface area contributed by atoms with Gasteiger partial charge in [-0.2, -0.15) is 0 Å². The van der Waals surface area contributed by atoms with Crippen molar-refractivity contribution in [1.82, 2.24) is 19.9 Å². The highest BCUT2D eigenvalue weighted by atomic mass is 14.9. The van der Waals surface area contributed by atoms with Gasteiger partial charge in [0.1, 0.15) is 0 Å². The summed E-state index contributed by atoms with van der Waals surface area (Å²) in [5.74, 6) is 0.714. The highest BCUT2D eigenvalue weighted by Crippen LogP contribution is 2.50. The van der Waals surface area contributed by atoms with E-state index in [9.17, 15) is 0 Å². The summed E-state index contributed by atoms with van der Waals surface area (Å²) in [6.45, 7) is 0. The van der Waals surface area contributed by atoms with Crippen LogP contribution >= 0.6 is 0 Å². The molecule has 0 spiro atoms. The molecule has 0 radical (unpaired) electrons. The third-order valence-corrected chi connectivity index (χ3v) is 9.39. The molecule has 9 aromatic rings. The normalized spacial score (nSPS) is 11.9. The van der Waals surface area contributed by atoms with Crippen LogP contribution in [0.15, 0.2) is 146 Å². The Hall–Kier alpha value is -6.26. The zero-order valence-electron chi connectivity index (χ0n) is 24.6. The molecule has 1 aliphatic carbocycles. The smallest absolute Gasteiger partial charge is 0.159 e. The van der Waals surface area contributed by atoms with Gasteiger partial charge in [0, 0.05) is 40.5 Å². The Labute approximate surface area is 264 Å². The Morgan fingerprint density at radius 3 is 1.83 bits per heavy atom. The second-order valence-corrected chi connectivity index (χ2v) is 11.8. The Balaban J connectivity index is 1.18. The predicted octanol–water partition coefficient (Wildman–Crippen LogP) is 10.5. The highest BCUT2D eigenvalue weighted by molar-refractivity contribution is 6.21. The van der Waals surface area contributed by atoms with Gasteiger partial charge in [0.05, 0.1) is 16.7 Å². The number of pyridine rings is 2. The van der Waals surface area contributed by atoms with Crippen LogP contribution in [0.25, 0.3) is 99.4 Å². The number of hydrogen-bond acceptors (Lipinski definition) is 4. The lowest BCUT2D eigenvalue weighted by molar-refractivity contribution is 1.18. The minimum atomic E-state index is 0.714. The molecule has 0 saturated carbocycles. The molecule has 0 saturated heterocycles. The zero-order valence-corrected chi connectivity index (χ0v) is 24.6. The van der Waals surface area contributed by atoms with Gasteiger partial charge in [0.25, 0.3) is 0 Å². The fraction of sp³-hybridized carbons (Fsp3) is 0. The molecule has 0 aliphatic heterocycles. The van der Waals surface area contributed by atoms with Crippen molar-refractivity contribution in [2.24, 2.45) is 0 Å². The largest absolute Gasteiger partial charge is 0.254 e. The topological polar surface area (TPSA) is 51.6 Å². The first-order valence-electron chi connectivity index (χ1n) is 15.5. The maximum Gasteiger partial charge on any atom is 0.159 e. The third-order valence-electron chi connectivity index (χ3n) is 9.39. The minimum absolute atomic E-state index is 0.714. The van der Waals surface area contributed by atoms with Gasteiger partial charge in [-0.3, -0.25) is 4.98 Å². The molecule has 4 heteroatoms. The fourth-order valence-corrected chi connectivity index (χ4v) is 7.39. The molecule has 0 bridgehead atoms. The summed E-state index contributed by atoms with van der Waals surface area (Å²) < 4.78 is 0.